The van der Waals surface area contributed by atoms with Gasteiger partial charge in [-0.2, -0.15) is 0 Å². The summed E-state index contributed by atoms with van der Waals surface area (Å²) in [5.74, 6) is 0.946. The summed E-state index contributed by atoms with van der Waals surface area (Å²) in [6.45, 7) is 0. The van der Waals surface area contributed by atoms with E-state index in [1.54, 1.807) is 25.3 Å². The third-order valence-corrected chi connectivity index (χ3v) is 6.87. The maximum atomic E-state index is 12.1. The van der Waals surface area contributed by atoms with Crippen molar-refractivity contribution in [3.05, 3.63) is 94.0 Å². The lowest BCUT2D eigenvalue weighted by atomic mass is 9.71. The van der Waals surface area contributed by atoms with E-state index in [0.29, 0.717) is 23.5 Å². The molecule has 1 heterocycles. The van der Waals surface area contributed by atoms with Crippen LogP contribution in [0, 0.1) is 0 Å². The molecule has 4 nitrogen and oxygen atoms in total. The molecule has 5 heteroatoms. The number of aliphatic hydroxyl groups is 2. The van der Waals surface area contributed by atoms with E-state index in [1.165, 1.54) is 0 Å². The zero-order valence-electron chi connectivity index (χ0n) is 15.9. The quantitative estimate of drug-likeness (QED) is 0.614. The second-order valence-corrected chi connectivity index (χ2v) is 8.60. The van der Waals surface area contributed by atoms with E-state index in [9.17, 15) is 10.2 Å². The second-order valence-electron chi connectivity index (χ2n) is 7.69. The number of aliphatic hydroxyl groups excluding tert-OH is 1. The number of halogens is 1. The van der Waals surface area contributed by atoms with Gasteiger partial charge in [0.05, 0.1) is 13.2 Å². The van der Waals surface area contributed by atoms with Gasteiger partial charge in [0.2, 0.25) is 0 Å². The number of hydrogen-bond donors (Lipinski definition) is 2. The molecule has 0 aromatic heterocycles. The topological polar surface area (TPSA) is 58.9 Å². The molecular weight excluding hydrogens is 432 g/mol. The monoisotopic (exact) mass is 452 g/mol. The number of methoxy groups -OCH3 is 1. The van der Waals surface area contributed by atoms with Gasteiger partial charge < -0.3 is 19.7 Å². The fourth-order valence-electron chi connectivity index (χ4n) is 5.04. The highest BCUT2D eigenvalue weighted by molar-refractivity contribution is 9.10. The number of fused-ring (bicyclic) bond motifs is 3. The van der Waals surface area contributed by atoms with Gasteiger partial charge in [0, 0.05) is 22.0 Å². The van der Waals surface area contributed by atoms with Gasteiger partial charge in [-0.25, -0.2) is 0 Å². The van der Waals surface area contributed by atoms with Crippen LogP contribution in [0.25, 0.3) is 0 Å². The van der Waals surface area contributed by atoms with Crippen molar-refractivity contribution in [3.63, 3.8) is 0 Å². The first kappa shape index (κ1) is 18.7. The molecule has 0 bridgehead atoms. The predicted molar refractivity (Wildman–Crippen MR) is 113 cm³/mol. The molecule has 5 rings (SSSR count). The Hall–Kier alpha value is -2.34. The van der Waals surface area contributed by atoms with Gasteiger partial charge in [-0.15, -0.1) is 0 Å². The summed E-state index contributed by atoms with van der Waals surface area (Å²) >= 11 is 3.49. The van der Waals surface area contributed by atoms with Crippen LogP contribution < -0.4 is 9.47 Å². The van der Waals surface area contributed by atoms with Crippen LogP contribution in [0.5, 0.6) is 11.5 Å². The summed E-state index contributed by atoms with van der Waals surface area (Å²) in [5.41, 5.74) is -0.298. The Labute approximate surface area is 177 Å². The zero-order chi connectivity index (χ0) is 20.2. The molecule has 0 amide bonds. The number of ether oxygens (including phenoxy) is 2. The van der Waals surface area contributed by atoms with E-state index >= 15 is 0 Å². The summed E-state index contributed by atoms with van der Waals surface area (Å²) in [4.78, 5) is 0. The van der Waals surface area contributed by atoms with Gasteiger partial charge in [0.15, 0.2) is 11.2 Å². The molecule has 1 fully saturated rings. The van der Waals surface area contributed by atoms with Crippen LogP contribution in [0.15, 0.2) is 77.3 Å². The van der Waals surface area contributed by atoms with E-state index in [4.69, 9.17) is 9.47 Å². The summed E-state index contributed by atoms with van der Waals surface area (Å²) in [6, 6.07) is 23.1. The first-order valence-corrected chi connectivity index (χ1v) is 10.4. The minimum atomic E-state index is -1.58. The van der Waals surface area contributed by atoms with Crippen molar-refractivity contribution in [2.24, 2.45) is 0 Å². The predicted octanol–water partition coefficient (Wildman–Crippen LogP) is 4.48. The highest BCUT2D eigenvalue weighted by atomic mass is 79.9. The molecule has 0 spiro atoms. The lowest BCUT2D eigenvalue weighted by Crippen LogP contribution is -2.51. The van der Waals surface area contributed by atoms with Crippen molar-refractivity contribution in [2.75, 3.05) is 7.11 Å². The third-order valence-electron chi connectivity index (χ3n) is 6.34. The highest BCUT2D eigenvalue weighted by Gasteiger charge is 2.72. The Bertz CT molecular complexity index is 1050. The van der Waals surface area contributed by atoms with Crippen molar-refractivity contribution >= 4 is 15.9 Å². The van der Waals surface area contributed by atoms with Crippen LogP contribution in [-0.2, 0) is 11.2 Å². The van der Waals surface area contributed by atoms with Gasteiger partial charge >= 0.3 is 0 Å². The largest absolute Gasteiger partial charge is 0.497 e. The van der Waals surface area contributed by atoms with Crippen LogP contribution in [0.3, 0.4) is 0 Å². The van der Waals surface area contributed by atoms with Gasteiger partial charge in [-0.05, 0) is 41.8 Å². The normalized spacial score (nSPS) is 29.8. The molecule has 3 aromatic carbocycles. The van der Waals surface area contributed by atoms with Crippen molar-refractivity contribution in [2.45, 2.75) is 29.6 Å². The molecule has 4 atom stereocenters. The van der Waals surface area contributed by atoms with E-state index in [2.05, 4.69) is 15.9 Å². The fourth-order valence-corrected chi connectivity index (χ4v) is 5.30. The molecular formula is C24H21BrO4. The lowest BCUT2D eigenvalue weighted by Gasteiger charge is -2.40. The molecule has 2 aliphatic rings. The summed E-state index contributed by atoms with van der Waals surface area (Å²) in [5, 5.41) is 23.3. The molecule has 2 N–H and O–H groups in total. The molecule has 1 saturated carbocycles. The van der Waals surface area contributed by atoms with Crippen molar-refractivity contribution in [3.8, 4) is 11.5 Å². The Morgan fingerprint density at radius 1 is 1.03 bits per heavy atom. The minimum Gasteiger partial charge on any atom is -0.497 e. The standard InChI is InChI=1S/C24H21BrO4/c1-28-18-11-12-19-21(13-18)29-24(16-7-9-17(25)10-8-16)20(14-22(26)23(19,24)27)15-5-3-2-4-6-15/h2-13,20,22,26-27H,14H2,1H3. The van der Waals surface area contributed by atoms with Crippen molar-refractivity contribution in [1.29, 1.82) is 0 Å². The Morgan fingerprint density at radius 2 is 1.76 bits per heavy atom. The molecule has 1 aliphatic carbocycles. The van der Waals surface area contributed by atoms with Gasteiger partial charge in [0.1, 0.15) is 11.5 Å². The number of benzene rings is 3. The van der Waals surface area contributed by atoms with Gasteiger partial charge in [0.25, 0.3) is 0 Å². The minimum absolute atomic E-state index is 0.233. The van der Waals surface area contributed by atoms with Gasteiger partial charge in [-0.1, -0.05) is 58.4 Å². The molecule has 3 aromatic rings. The average molecular weight is 453 g/mol. The SMILES string of the molecule is COc1ccc2c(c1)OC1(c3ccc(Br)cc3)C(c3ccccc3)CC(O)C21O. The van der Waals surface area contributed by atoms with Crippen LogP contribution in [0.2, 0.25) is 0 Å². The Kier molecular flexibility index (Phi) is 4.24. The van der Waals surface area contributed by atoms with Crippen LogP contribution >= 0.6 is 15.9 Å². The second kappa shape index (κ2) is 6.59. The van der Waals surface area contributed by atoms with Gasteiger partial charge in [-0.3, -0.25) is 0 Å². The van der Waals surface area contributed by atoms with E-state index in [0.717, 1.165) is 15.6 Å². The number of hydrogen-bond acceptors (Lipinski definition) is 4. The number of rotatable bonds is 3. The summed E-state index contributed by atoms with van der Waals surface area (Å²) in [7, 11) is 1.60. The van der Waals surface area contributed by atoms with Crippen molar-refractivity contribution in [1.82, 2.24) is 0 Å². The Morgan fingerprint density at radius 3 is 2.45 bits per heavy atom. The Balaban J connectivity index is 1.79. The highest BCUT2D eigenvalue weighted by Crippen LogP contribution is 2.66. The molecule has 1 aliphatic heterocycles. The first-order valence-electron chi connectivity index (χ1n) is 9.59. The van der Waals surface area contributed by atoms with E-state index < -0.39 is 17.3 Å². The maximum absolute atomic E-state index is 12.1. The molecule has 4 unspecified atom stereocenters. The van der Waals surface area contributed by atoms with E-state index in [1.807, 2.05) is 54.6 Å². The van der Waals surface area contributed by atoms with Crippen LogP contribution in [-0.4, -0.2) is 23.4 Å². The average Bonchev–Trinajstić information content (AvgIpc) is 3.14. The maximum Gasteiger partial charge on any atom is 0.176 e. The smallest absolute Gasteiger partial charge is 0.176 e. The molecule has 148 valence electrons. The third kappa shape index (κ3) is 2.44. The van der Waals surface area contributed by atoms with Crippen LogP contribution in [0.4, 0.5) is 0 Å². The van der Waals surface area contributed by atoms with E-state index in [-0.39, 0.29) is 5.92 Å². The lowest BCUT2D eigenvalue weighted by molar-refractivity contribution is -0.149. The molecule has 29 heavy (non-hydrogen) atoms. The summed E-state index contributed by atoms with van der Waals surface area (Å²) in [6.07, 6.45) is -0.590. The summed E-state index contributed by atoms with van der Waals surface area (Å²) < 4.78 is 12.9. The zero-order valence-corrected chi connectivity index (χ0v) is 17.5. The first-order chi connectivity index (χ1) is 14.0. The molecule has 0 saturated heterocycles. The fraction of sp³-hybridized carbons (Fsp3) is 0.250. The molecule has 0 radical (unpaired) electrons. The van der Waals surface area contributed by atoms with Crippen LogP contribution in [0.1, 0.15) is 29.0 Å². The van der Waals surface area contributed by atoms with Crippen molar-refractivity contribution < 1.29 is 19.7 Å².